The minimum absolute atomic E-state index is 0.00165. The molecule has 0 atom stereocenters. The van der Waals surface area contributed by atoms with Crippen LogP contribution in [-0.2, 0) is 7.05 Å². The Morgan fingerprint density at radius 2 is 1.87 bits per heavy atom. The van der Waals surface area contributed by atoms with Gasteiger partial charge in [-0.3, -0.25) is 14.8 Å². The standard InChI is InChI=1S/C28H38N6O4/c1-19(2)38-22-12-9-11-21(17-22)29-28(36)31-26(35)24-18-23-20(3)32-33(4)25(23)30-27(24)37-16-10-15-34-13-7-5-6-8-14-34/h9,11-12,17-19H,5-8,10,13-16H2,1-4H3,(H2,29,31,35,36). The minimum Gasteiger partial charge on any atom is -0.491 e. The van der Waals surface area contributed by atoms with Gasteiger partial charge in [-0.1, -0.05) is 18.9 Å². The number of amides is 3. The molecule has 3 amide bonds. The third kappa shape index (κ3) is 7.22. The first-order valence-electron chi connectivity index (χ1n) is 13.4. The van der Waals surface area contributed by atoms with Crippen molar-refractivity contribution in [1.29, 1.82) is 0 Å². The van der Waals surface area contributed by atoms with E-state index in [4.69, 9.17) is 9.47 Å². The number of hydrogen-bond donors (Lipinski definition) is 2. The molecular weight excluding hydrogens is 484 g/mol. The number of imide groups is 1. The lowest BCUT2D eigenvalue weighted by molar-refractivity contribution is 0.0962. The van der Waals surface area contributed by atoms with Crippen molar-refractivity contribution in [3.8, 4) is 11.6 Å². The molecule has 1 aromatic carbocycles. The van der Waals surface area contributed by atoms with Crippen LogP contribution in [0.1, 0.15) is 62.0 Å². The van der Waals surface area contributed by atoms with Crippen LogP contribution in [0.15, 0.2) is 30.3 Å². The van der Waals surface area contributed by atoms with Crippen molar-refractivity contribution in [3.63, 3.8) is 0 Å². The molecular formula is C28H38N6O4. The molecule has 0 spiro atoms. The van der Waals surface area contributed by atoms with E-state index in [9.17, 15) is 9.59 Å². The van der Waals surface area contributed by atoms with E-state index in [2.05, 4.69) is 25.6 Å². The van der Waals surface area contributed by atoms with Gasteiger partial charge < -0.3 is 19.7 Å². The van der Waals surface area contributed by atoms with Crippen molar-refractivity contribution < 1.29 is 19.1 Å². The molecule has 1 fully saturated rings. The Labute approximate surface area is 223 Å². The Bertz CT molecular complexity index is 1260. The van der Waals surface area contributed by atoms with Crippen molar-refractivity contribution in [2.24, 2.45) is 7.05 Å². The second-order valence-electron chi connectivity index (χ2n) is 9.98. The van der Waals surface area contributed by atoms with Crippen LogP contribution in [0.25, 0.3) is 11.0 Å². The van der Waals surface area contributed by atoms with Crippen LogP contribution in [0.4, 0.5) is 10.5 Å². The molecule has 1 aliphatic rings. The lowest BCUT2D eigenvalue weighted by Crippen LogP contribution is -2.34. The number of urea groups is 1. The van der Waals surface area contributed by atoms with E-state index in [1.165, 1.54) is 25.7 Å². The zero-order valence-electron chi connectivity index (χ0n) is 22.7. The summed E-state index contributed by atoms with van der Waals surface area (Å²) < 4.78 is 13.4. The Balaban J connectivity index is 1.44. The lowest BCUT2D eigenvalue weighted by atomic mass is 10.2. The first kappa shape index (κ1) is 27.4. The summed E-state index contributed by atoms with van der Waals surface area (Å²) >= 11 is 0. The van der Waals surface area contributed by atoms with Crippen molar-refractivity contribution in [1.82, 2.24) is 25.0 Å². The number of ether oxygens (including phenoxy) is 2. The van der Waals surface area contributed by atoms with Crippen molar-refractivity contribution in [2.45, 2.75) is 59.0 Å². The first-order chi connectivity index (χ1) is 18.3. The number of nitrogens with zero attached hydrogens (tertiary/aromatic N) is 4. The zero-order chi connectivity index (χ0) is 27.1. The Morgan fingerprint density at radius 3 is 2.61 bits per heavy atom. The van der Waals surface area contributed by atoms with Gasteiger partial charge in [-0.15, -0.1) is 0 Å². The van der Waals surface area contributed by atoms with Gasteiger partial charge in [0.05, 0.1) is 18.4 Å². The minimum atomic E-state index is -0.660. The maximum Gasteiger partial charge on any atom is 0.326 e. The summed E-state index contributed by atoms with van der Waals surface area (Å²) in [6.07, 6.45) is 5.89. The number of nitrogens with one attached hydrogen (secondary N) is 2. The number of carbonyl (C=O) groups excluding carboxylic acids is 2. The van der Waals surface area contributed by atoms with E-state index in [0.717, 1.165) is 37.1 Å². The maximum absolute atomic E-state index is 13.2. The van der Waals surface area contributed by atoms with Crippen LogP contribution in [-0.4, -0.2) is 63.9 Å². The van der Waals surface area contributed by atoms with Crippen molar-refractivity contribution >= 4 is 28.7 Å². The molecule has 0 aliphatic carbocycles. The molecule has 10 heteroatoms. The third-order valence-corrected chi connectivity index (χ3v) is 6.46. The molecule has 0 unspecified atom stereocenters. The third-order valence-electron chi connectivity index (χ3n) is 6.46. The number of carbonyl (C=O) groups is 2. The Kier molecular flexibility index (Phi) is 9.17. The molecule has 4 rings (SSSR count). The predicted octanol–water partition coefficient (Wildman–Crippen LogP) is 4.67. The molecule has 38 heavy (non-hydrogen) atoms. The topological polar surface area (TPSA) is 111 Å². The fraction of sp³-hybridized carbons (Fsp3) is 0.500. The molecule has 0 radical (unpaired) electrons. The lowest BCUT2D eigenvalue weighted by Gasteiger charge is -2.19. The summed E-state index contributed by atoms with van der Waals surface area (Å²) in [7, 11) is 1.80. The van der Waals surface area contributed by atoms with Gasteiger partial charge in [-0.05, 0) is 71.3 Å². The predicted molar refractivity (Wildman–Crippen MR) is 147 cm³/mol. The highest BCUT2D eigenvalue weighted by atomic mass is 16.5. The first-order valence-corrected chi connectivity index (χ1v) is 13.4. The molecule has 2 aromatic heterocycles. The number of aryl methyl sites for hydroxylation is 2. The summed E-state index contributed by atoms with van der Waals surface area (Å²) in [5, 5.41) is 10.2. The van der Waals surface area contributed by atoms with Gasteiger partial charge in [0.1, 0.15) is 11.3 Å². The summed E-state index contributed by atoms with van der Waals surface area (Å²) in [6.45, 7) is 9.30. The highest BCUT2D eigenvalue weighted by Crippen LogP contribution is 2.25. The number of hydrogen-bond acceptors (Lipinski definition) is 7. The molecule has 0 saturated carbocycles. The summed E-state index contributed by atoms with van der Waals surface area (Å²) in [5.74, 6) is 0.216. The smallest absolute Gasteiger partial charge is 0.326 e. The van der Waals surface area contributed by atoms with Crippen LogP contribution in [0.3, 0.4) is 0 Å². The average Bonchev–Trinajstić information content (AvgIpc) is 3.02. The van der Waals surface area contributed by atoms with Gasteiger partial charge in [0.25, 0.3) is 5.91 Å². The zero-order valence-corrected chi connectivity index (χ0v) is 22.7. The quantitative estimate of drug-likeness (QED) is 0.393. The number of aromatic nitrogens is 3. The molecule has 204 valence electrons. The summed E-state index contributed by atoms with van der Waals surface area (Å²) in [4.78, 5) is 32.9. The number of anilines is 1. The van der Waals surface area contributed by atoms with E-state index in [-0.39, 0.29) is 17.5 Å². The monoisotopic (exact) mass is 522 g/mol. The van der Waals surface area contributed by atoms with Gasteiger partial charge in [0.2, 0.25) is 5.88 Å². The molecule has 0 bridgehead atoms. The van der Waals surface area contributed by atoms with E-state index in [0.29, 0.717) is 23.7 Å². The number of pyridine rings is 1. The Hall–Kier alpha value is -3.66. The number of benzene rings is 1. The van der Waals surface area contributed by atoms with Crippen molar-refractivity contribution in [3.05, 3.63) is 41.6 Å². The highest BCUT2D eigenvalue weighted by molar-refractivity contribution is 6.10. The highest BCUT2D eigenvalue weighted by Gasteiger charge is 2.21. The molecule has 3 heterocycles. The normalized spacial score (nSPS) is 14.3. The molecule has 1 saturated heterocycles. The van der Waals surface area contributed by atoms with Crippen LogP contribution in [0, 0.1) is 6.92 Å². The molecule has 3 aromatic rings. The van der Waals surface area contributed by atoms with Crippen LogP contribution in [0.5, 0.6) is 11.6 Å². The fourth-order valence-electron chi connectivity index (χ4n) is 4.67. The van der Waals surface area contributed by atoms with Gasteiger partial charge in [-0.25, -0.2) is 4.79 Å². The van der Waals surface area contributed by atoms with Crippen LogP contribution in [0.2, 0.25) is 0 Å². The van der Waals surface area contributed by atoms with Crippen molar-refractivity contribution in [2.75, 3.05) is 31.6 Å². The number of fused-ring (bicyclic) bond motifs is 1. The second kappa shape index (κ2) is 12.7. The van der Waals surface area contributed by atoms with E-state index in [1.807, 2.05) is 26.8 Å². The molecule has 2 N–H and O–H groups in total. The summed E-state index contributed by atoms with van der Waals surface area (Å²) in [6, 6.07) is 8.04. The number of rotatable bonds is 9. The van der Waals surface area contributed by atoms with Crippen LogP contribution >= 0.6 is 0 Å². The SMILES string of the molecule is Cc1nn(C)c2nc(OCCCN3CCCCCC3)c(C(=O)NC(=O)Nc3cccc(OC(C)C)c3)cc12. The largest absolute Gasteiger partial charge is 0.491 e. The number of likely N-dealkylation sites (tertiary alicyclic amines) is 1. The van der Waals surface area contributed by atoms with E-state index < -0.39 is 11.9 Å². The van der Waals surface area contributed by atoms with Crippen LogP contribution < -0.4 is 20.1 Å². The average molecular weight is 523 g/mol. The van der Waals surface area contributed by atoms with Gasteiger partial charge in [0, 0.05) is 30.7 Å². The molecule has 10 nitrogen and oxygen atoms in total. The van der Waals surface area contributed by atoms with E-state index >= 15 is 0 Å². The second-order valence-corrected chi connectivity index (χ2v) is 9.98. The van der Waals surface area contributed by atoms with Gasteiger partial charge in [0.15, 0.2) is 5.65 Å². The fourth-order valence-corrected chi connectivity index (χ4v) is 4.67. The van der Waals surface area contributed by atoms with Gasteiger partial charge in [-0.2, -0.15) is 10.1 Å². The van der Waals surface area contributed by atoms with E-state index in [1.54, 1.807) is 36.0 Å². The Morgan fingerprint density at radius 1 is 1.11 bits per heavy atom. The summed E-state index contributed by atoms with van der Waals surface area (Å²) in [5.41, 5.74) is 2.06. The molecule has 1 aliphatic heterocycles. The van der Waals surface area contributed by atoms with Gasteiger partial charge >= 0.3 is 6.03 Å². The maximum atomic E-state index is 13.2.